The van der Waals surface area contributed by atoms with E-state index in [1.54, 1.807) is 12.1 Å². The Hall–Kier alpha value is -2.37. The zero-order valence-corrected chi connectivity index (χ0v) is 11.9. The highest BCUT2D eigenvalue weighted by atomic mass is 19.1. The van der Waals surface area contributed by atoms with Crippen molar-refractivity contribution >= 4 is 22.8 Å². The summed E-state index contributed by atoms with van der Waals surface area (Å²) in [6.07, 6.45) is 0. The lowest BCUT2D eigenvalue weighted by Crippen LogP contribution is -2.38. The van der Waals surface area contributed by atoms with Crippen LogP contribution in [0.15, 0.2) is 24.3 Å². The van der Waals surface area contributed by atoms with Gasteiger partial charge < -0.3 is 15.0 Å². The van der Waals surface area contributed by atoms with E-state index in [-0.39, 0.29) is 18.2 Å². The van der Waals surface area contributed by atoms with E-state index in [0.29, 0.717) is 17.4 Å². The standard InChI is InChI=1S/C15H17FN2O3/c1-9(2)7-18(8-14(19)20)15(21)13-6-10-11(16)4-3-5-12(10)17-13/h3-6,9,17H,7-8H2,1-2H3,(H,19,20). The van der Waals surface area contributed by atoms with Crippen molar-refractivity contribution in [3.63, 3.8) is 0 Å². The third kappa shape index (κ3) is 3.39. The van der Waals surface area contributed by atoms with Gasteiger partial charge in [-0.25, -0.2) is 4.39 Å². The van der Waals surface area contributed by atoms with E-state index in [1.165, 1.54) is 17.0 Å². The number of carbonyl (C=O) groups excluding carboxylic acids is 1. The lowest BCUT2D eigenvalue weighted by atomic mass is 10.2. The molecule has 1 heterocycles. The van der Waals surface area contributed by atoms with Crippen LogP contribution >= 0.6 is 0 Å². The summed E-state index contributed by atoms with van der Waals surface area (Å²) in [6, 6.07) is 5.94. The SMILES string of the molecule is CC(C)CN(CC(=O)O)C(=O)c1cc2c(F)cccc2[nH]1. The van der Waals surface area contributed by atoms with Crippen molar-refractivity contribution in [3.05, 3.63) is 35.8 Å². The van der Waals surface area contributed by atoms with E-state index in [1.807, 2.05) is 13.8 Å². The smallest absolute Gasteiger partial charge is 0.323 e. The van der Waals surface area contributed by atoms with Crippen molar-refractivity contribution in [2.75, 3.05) is 13.1 Å². The highest BCUT2D eigenvalue weighted by Gasteiger charge is 2.21. The van der Waals surface area contributed by atoms with Crippen LogP contribution in [0.4, 0.5) is 4.39 Å². The summed E-state index contributed by atoms with van der Waals surface area (Å²) in [7, 11) is 0. The highest BCUT2D eigenvalue weighted by molar-refractivity contribution is 5.99. The number of rotatable bonds is 5. The first-order valence-corrected chi connectivity index (χ1v) is 6.66. The van der Waals surface area contributed by atoms with Crippen molar-refractivity contribution in [3.8, 4) is 0 Å². The van der Waals surface area contributed by atoms with Gasteiger partial charge in [0, 0.05) is 17.4 Å². The molecule has 6 heteroatoms. The summed E-state index contributed by atoms with van der Waals surface area (Å²) in [6.45, 7) is 3.73. The number of H-pyrrole nitrogens is 1. The van der Waals surface area contributed by atoms with Gasteiger partial charge in [-0.3, -0.25) is 9.59 Å². The Kier molecular flexibility index (Phi) is 4.26. The first-order chi connectivity index (χ1) is 9.88. The van der Waals surface area contributed by atoms with Crippen LogP contribution < -0.4 is 0 Å². The third-order valence-corrected chi connectivity index (χ3v) is 3.04. The van der Waals surface area contributed by atoms with Crippen molar-refractivity contribution in [2.24, 2.45) is 5.92 Å². The number of aliphatic carboxylic acids is 1. The number of nitrogens with one attached hydrogen (secondary N) is 1. The number of fused-ring (bicyclic) bond motifs is 1. The fourth-order valence-corrected chi connectivity index (χ4v) is 2.23. The van der Waals surface area contributed by atoms with Crippen LogP contribution in [0.1, 0.15) is 24.3 Å². The Bertz CT molecular complexity index is 679. The van der Waals surface area contributed by atoms with Gasteiger partial charge in [0.1, 0.15) is 18.1 Å². The molecular weight excluding hydrogens is 275 g/mol. The van der Waals surface area contributed by atoms with Crippen LogP contribution in [-0.2, 0) is 4.79 Å². The molecule has 1 amide bonds. The maximum Gasteiger partial charge on any atom is 0.323 e. The molecule has 1 aromatic carbocycles. The van der Waals surface area contributed by atoms with Crippen LogP contribution in [0.5, 0.6) is 0 Å². The number of nitrogens with zero attached hydrogens (tertiary/aromatic N) is 1. The molecule has 0 bridgehead atoms. The second-order valence-electron chi connectivity index (χ2n) is 5.36. The maximum absolute atomic E-state index is 13.6. The van der Waals surface area contributed by atoms with Crippen LogP contribution in [-0.4, -0.2) is 40.0 Å². The number of halogens is 1. The number of hydrogen-bond donors (Lipinski definition) is 2. The quantitative estimate of drug-likeness (QED) is 0.889. The van der Waals surface area contributed by atoms with E-state index in [2.05, 4.69) is 4.98 Å². The molecule has 0 spiro atoms. The number of aromatic nitrogens is 1. The summed E-state index contributed by atoms with van der Waals surface area (Å²) in [5.74, 6) is -1.81. The van der Waals surface area contributed by atoms with E-state index >= 15 is 0 Å². The molecule has 0 unspecified atom stereocenters. The van der Waals surface area contributed by atoms with Gasteiger partial charge in [0.05, 0.1) is 0 Å². The molecule has 0 saturated carbocycles. The molecule has 2 aromatic rings. The minimum atomic E-state index is -1.08. The summed E-state index contributed by atoms with van der Waals surface area (Å²) in [4.78, 5) is 27.4. The first kappa shape index (κ1) is 15.0. The van der Waals surface area contributed by atoms with E-state index < -0.39 is 17.7 Å². The van der Waals surface area contributed by atoms with Crippen LogP contribution in [0, 0.1) is 11.7 Å². The third-order valence-electron chi connectivity index (χ3n) is 3.04. The Labute approximate surface area is 121 Å². The fraction of sp³-hybridized carbons (Fsp3) is 0.333. The largest absolute Gasteiger partial charge is 0.480 e. The number of benzene rings is 1. The van der Waals surface area contributed by atoms with E-state index in [0.717, 1.165) is 0 Å². The molecule has 0 radical (unpaired) electrons. The molecule has 2 rings (SSSR count). The molecule has 1 aromatic heterocycles. The summed E-state index contributed by atoms with van der Waals surface area (Å²) in [5.41, 5.74) is 0.704. The molecule has 0 atom stereocenters. The van der Waals surface area contributed by atoms with Crippen molar-refractivity contribution in [1.29, 1.82) is 0 Å². The highest BCUT2D eigenvalue weighted by Crippen LogP contribution is 2.19. The zero-order valence-electron chi connectivity index (χ0n) is 11.9. The first-order valence-electron chi connectivity index (χ1n) is 6.66. The van der Waals surface area contributed by atoms with Gasteiger partial charge in [0.2, 0.25) is 0 Å². The van der Waals surface area contributed by atoms with Gasteiger partial charge in [0.15, 0.2) is 0 Å². The lowest BCUT2D eigenvalue weighted by Gasteiger charge is -2.22. The van der Waals surface area contributed by atoms with E-state index in [4.69, 9.17) is 5.11 Å². The predicted molar refractivity (Wildman–Crippen MR) is 76.6 cm³/mol. The number of amides is 1. The van der Waals surface area contributed by atoms with Gasteiger partial charge in [-0.05, 0) is 24.1 Å². The maximum atomic E-state index is 13.6. The minimum Gasteiger partial charge on any atom is -0.480 e. The summed E-state index contributed by atoms with van der Waals surface area (Å²) >= 11 is 0. The average molecular weight is 292 g/mol. The van der Waals surface area contributed by atoms with Crippen LogP contribution in [0.25, 0.3) is 10.9 Å². The van der Waals surface area contributed by atoms with Gasteiger partial charge in [-0.15, -0.1) is 0 Å². The molecule has 0 saturated heterocycles. The Morgan fingerprint density at radius 2 is 2.10 bits per heavy atom. The molecular formula is C15H17FN2O3. The number of carboxylic acid groups (broad SMARTS) is 1. The van der Waals surface area contributed by atoms with Crippen molar-refractivity contribution in [1.82, 2.24) is 9.88 Å². The fourth-order valence-electron chi connectivity index (χ4n) is 2.23. The second kappa shape index (κ2) is 5.95. The van der Waals surface area contributed by atoms with Crippen LogP contribution in [0.2, 0.25) is 0 Å². The Morgan fingerprint density at radius 3 is 2.67 bits per heavy atom. The molecule has 112 valence electrons. The van der Waals surface area contributed by atoms with Gasteiger partial charge in [0.25, 0.3) is 5.91 Å². The van der Waals surface area contributed by atoms with Crippen molar-refractivity contribution < 1.29 is 19.1 Å². The molecule has 2 N–H and O–H groups in total. The second-order valence-corrected chi connectivity index (χ2v) is 5.36. The molecule has 0 aliphatic carbocycles. The molecule has 0 aliphatic rings. The van der Waals surface area contributed by atoms with E-state index in [9.17, 15) is 14.0 Å². The molecule has 0 fully saturated rings. The molecule has 21 heavy (non-hydrogen) atoms. The molecule has 5 nitrogen and oxygen atoms in total. The Morgan fingerprint density at radius 1 is 1.38 bits per heavy atom. The zero-order chi connectivity index (χ0) is 15.6. The van der Waals surface area contributed by atoms with Gasteiger partial charge in [-0.2, -0.15) is 0 Å². The summed E-state index contributed by atoms with van der Waals surface area (Å²) < 4.78 is 13.6. The lowest BCUT2D eigenvalue weighted by molar-refractivity contribution is -0.137. The van der Waals surface area contributed by atoms with Gasteiger partial charge in [-0.1, -0.05) is 19.9 Å². The van der Waals surface area contributed by atoms with Crippen molar-refractivity contribution in [2.45, 2.75) is 13.8 Å². The minimum absolute atomic E-state index is 0.134. The summed E-state index contributed by atoms with van der Waals surface area (Å²) in [5, 5.41) is 9.23. The predicted octanol–water partition coefficient (Wildman–Crippen LogP) is 2.49. The van der Waals surface area contributed by atoms with Crippen LogP contribution in [0.3, 0.4) is 0 Å². The monoisotopic (exact) mass is 292 g/mol. The Balaban J connectivity index is 2.33. The van der Waals surface area contributed by atoms with Gasteiger partial charge >= 0.3 is 5.97 Å². The number of hydrogen-bond acceptors (Lipinski definition) is 2. The number of aromatic amines is 1. The molecule has 0 aliphatic heterocycles. The number of carboxylic acids is 1. The topological polar surface area (TPSA) is 73.4 Å². The number of carbonyl (C=O) groups is 2. The average Bonchev–Trinajstić information content (AvgIpc) is 2.81. The normalized spacial score (nSPS) is 11.0.